The molecule has 4 atom stereocenters. The zero-order valence-electron chi connectivity index (χ0n) is 17.5. The molecule has 8 heteroatoms. The summed E-state index contributed by atoms with van der Waals surface area (Å²) in [6.45, 7) is 3.43. The molecule has 0 aliphatic carbocycles. The predicted molar refractivity (Wildman–Crippen MR) is 108 cm³/mol. The lowest BCUT2D eigenvalue weighted by molar-refractivity contribution is -0.165. The van der Waals surface area contributed by atoms with E-state index in [0.29, 0.717) is 11.1 Å². The van der Waals surface area contributed by atoms with Crippen LogP contribution in [0.1, 0.15) is 25.0 Å². The quantitative estimate of drug-likeness (QED) is 0.594. The van der Waals surface area contributed by atoms with E-state index < -0.39 is 30.2 Å². The van der Waals surface area contributed by atoms with Crippen molar-refractivity contribution >= 4 is 0 Å². The van der Waals surface area contributed by atoms with E-state index in [-0.39, 0.29) is 38.1 Å². The molecule has 2 aromatic carbocycles. The Morgan fingerprint density at radius 1 is 0.839 bits per heavy atom. The van der Waals surface area contributed by atoms with Crippen LogP contribution in [-0.2, 0) is 32.2 Å². The van der Waals surface area contributed by atoms with E-state index in [0.717, 1.165) is 0 Å². The van der Waals surface area contributed by atoms with Crippen molar-refractivity contribution in [2.75, 3.05) is 13.2 Å². The minimum absolute atomic E-state index is 0.0893. The van der Waals surface area contributed by atoms with Gasteiger partial charge in [0.25, 0.3) is 0 Å². The van der Waals surface area contributed by atoms with Gasteiger partial charge in [0.05, 0.1) is 26.4 Å². The lowest BCUT2D eigenvalue weighted by atomic mass is 10.0. The average molecular weight is 438 g/mol. The molecule has 1 saturated heterocycles. The van der Waals surface area contributed by atoms with Gasteiger partial charge in [-0.15, -0.1) is 0 Å². The van der Waals surface area contributed by atoms with Crippen LogP contribution in [-0.4, -0.2) is 53.6 Å². The molecule has 0 unspecified atom stereocenters. The third kappa shape index (κ3) is 7.03. The highest BCUT2D eigenvalue weighted by Gasteiger charge is 2.48. The number of aliphatic hydroxyl groups is 2. The third-order valence-electron chi connectivity index (χ3n) is 4.81. The molecule has 0 amide bonds. The molecule has 0 spiro atoms. The zero-order valence-corrected chi connectivity index (χ0v) is 17.5. The maximum Gasteiger partial charge on any atom is 0.164 e. The van der Waals surface area contributed by atoms with Crippen molar-refractivity contribution < 1.29 is 37.9 Å². The third-order valence-corrected chi connectivity index (χ3v) is 4.81. The van der Waals surface area contributed by atoms with E-state index in [2.05, 4.69) is 0 Å². The van der Waals surface area contributed by atoms with E-state index in [1.807, 2.05) is 0 Å². The van der Waals surface area contributed by atoms with Crippen LogP contribution in [0, 0.1) is 11.6 Å². The van der Waals surface area contributed by atoms with Crippen molar-refractivity contribution in [2.45, 2.75) is 57.3 Å². The van der Waals surface area contributed by atoms with Crippen LogP contribution in [0.2, 0.25) is 0 Å². The molecular weight excluding hydrogens is 410 g/mol. The fourth-order valence-electron chi connectivity index (χ4n) is 3.45. The summed E-state index contributed by atoms with van der Waals surface area (Å²) in [5.74, 6) is -1.74. The lowest BCUT2D eigenvalue weighted by Crippen LogP contribution is -2.45. The van der Waals surface area contributed by atoms with E-state index >= 15 is 0 Å². The lowest BCUT2D eigenvalue weighted by Gasteiger charge is -2.25. The van der Waals surface area contributed by atoms with Crippen LogP contribution >= 0.6 is 0 Å². The number of benzene rings is 2. The van der Waals surface area contributed by atoms with Crippen LogP contribution in [0.15, 0.2) is 48.5 Å². The minimum Gasteiger partial charge on any atom is -0.388 e. The van der Waals surface area contributed by atoms with E-state index in [1.165, 1.54) is 24.3 Å². The fraction of sp³-hybridized carbons (Fsp3) is 0.478. The Morgan fingerprint density at radius 2 is 1.26 bits per heavy atom. The second kappa shape index (κ2) is 10.6. The van der Waals surface area contributed by atoms with Crippen molar-refractivity contribution in [3.8, 4) is 0 Å². The Kier molecular flexibility index (Phi) is 8.10. The maximum absolute atomic E-state index is 13.3. The summed E-state index contributed by atoms with van der Waals surface area (Å²) in [7, 11) is 0. The molecule has 170 valence electrons. The molecule has 1 heterocycles. The number of halogens is 2. The van der Waals surface area contributed by atoms with E-state index in [1.54, 1.807) is 38.1 Å². The zero-order chi connectivity index (χ0) is 22.4. The standard InChI is InChI=1S/C23H28F2O6/c1-23(2)30-21(19(26)13-28-11-15-5-3-7-17(24)9-15)22(31-23)20(27)14-29-12-16-6-4-8-18(25)10-16/h3-10,19-22,26-27H,11-14H2,1-2H3/t19-,20-,21-,22-/m1/s1. The van der Waals surface area contributed by atoms with Gasteiger partial charge in [-0.3, -0.25) is 0 Å². The van der Waals surface area contributed by atoms with E-state index in [4.69, 9.17) is 18.9 Å². The van der Waals surface area contributed by atoms with Gasteiger partial charge in [-0.2, -0.15) is 0 Å². The van der Waals surface area contributed by atoms with Crippen LogP contribution in [0.5, 0.6) is 0 Å². The normalized spacial score (nSPS) is 22.4. The average Bonchev–Trinajstić information content (AvgIpc) is 3.04. The molecule has 2 aromatic rings. The van der Waals surface area contributed by atoms with Crippen molar-refractivity contribution in [3.63, 3.8) is 0 Å². The van der Waals surface area contributed by atoms with Gasteiger partial charge in [-0.05, 0) is 49.2 Å². The number of rotatable bonds is 10. The van der Waals surface area contributed by atoms with Gasteiger partial charge in [-0.1, -0.05) is 24.3 Å². The topological polar surface area (TPSA) is 77.4 Å². The van der Waals surface area contributed by atoms with Gasteiger partial charge in [0.2, 0.25) is 0 Å². The highest BCUT2D eigenvalue weighted by Crippen LogP contribution is 2.32. The van der Waals surface area contributed by atoms with E-state index in [9.17, 15) is 19.0 Å². The Balaban J connectivity index is 1.51. The first-order valence-electron chi connectivity index (χ1n) is 10.1. The van der Waals surface area contributed by atoms with Crippen molar-refractivity contribution in [3.05, 3.63) is 71.3 Å². The number of ether oxygens (including phenoxy) is 4. The van der Waals surface area contributed by atoms with Crippen LogP contribution in [0.25, 0.3) is 0 Å². The van der Waals surface area contributed by atoms with Gasteiger partial charge in [0, 0.05) is 0 Å². The highest BCUT2D eigenvalue weighted by atomic mass is 19.1. The Hall–Kier alpha value is -1.94. The number of hydrogen-bond donors (Lipinski definition) is 2. The molecule has 1 aliphatic heterocycles. The first kappa shape index (κ1) is 23.7. The summed E-state index contributed by atoms with van der Waals surface area (Å²) >= 11 is 0. The summed E-state index contributed by atoms with van der Waals surface area (Å²) in [5, 5.41) is 21.1. The summed E-state index contributed by atoms with van der Waals surface area (Å²) in [5.41, 5.74) is 1.27. The molecule has 31 heavy (non-hydrogen) atoms. The molecule has 1 aliphatic rings. The fourth-order valence-corrected chi connectivity index (χ4v) is 3.45. The van der Waals surface area contributed by atoms with Crippen LogP contribution in [0.4, 0.5) is 8.78 Å². The van der Waals surface area contributed by atoms with Gasteiger partial charge in [0.15, 0.2) is 5.79 Å². The first-order valence-corrected chi connectivity index (χ1v) is 10.1. The summed E-state index contributed by atoms with van der Waals surface area (Å²) < 4.78 is 49.0. The monoisotopic (exact) mass is 438 g/mol. The molecule has 0 aromatic heterocycles. The molecule has 3 rings (SSSR count). The number of aliphatic hydroxyl groups excluding tert-OH is 2. The molecule has 0 saturated carbocycles. The van der Waals surface area contributed by atoms with Crippen molar-refractivity contribution in [2.24, 2.45) is 0 Å². The van der Waals surface area contributed by atoms with Gasteiger partial charge >= 0.3 is 0 Å². The summed E-state index contributed by atoms with van der Waals surface area (Å²) in [6, 6.07) is 12.0. The molecule has 2 N–H and O–H groups in total. The van der Waals surface area contributed by atoms with Crippen LogP contribution in [0.3, 0.4) is 0 Å². The van der Waals surface area contributed by atoms with Gasteiger partial charge in [-0.25, -0.2) is 8.78 Å². The van der Waals surface area contributed by atoms with Crippen molar-refractivity contribution in [1.29, 1.82) is 0 Å². The molecule has 6 nitrogen and oxygen atoms in total. The SMILES string of the molecule is CC1(C)O[C@H]([C@H](O)COCc2cccc(F)c2)[C@@H]([C@H](O)COCc2cccc(F)c2)O1. The molecule has 0 bridgehead atoms. The van der Waals surface area contributed by atoms with Crippen LogP contribution < -0.4 is 0 Å². The predicted octanol–water partition coefficient (Wildman–Crippen LogP) is 2.94. The molecular formula is C23H28F2O6. The first-order chi connectivity index (χ1) is 14.7. The summed E-state index contributed by atoms with van der Waals surface area (Å²) in [4.78, 5) is 0. The molecule has 1 fully saturated rings. The highest BCUT2D eigenvalue weighted by molar-refractivity contribution is 5.16. The summed E-state index contributed by atoms with van der Waals surface area (Å²) in [6.07, 6.45) is -3.87. The smallest absolute Gasteiger partial charge is 0.164 e. The Labute approximate surface area is 180 Å². The largest absolute Gasteiger partial charge is 0.388 e. The Morgan fingerprint density at radius 3 is 1.65 bits per heavy atom. The second-order valence-electron chi connectivity index (χ2n) is 7.99. The minimum atomic E-state index is -1.08. The number of hydrogen-bond acceptors (Lipinski definition) is 6. The van der Waals surface area contributed by atoms with Gasteiger partial charge in [0.1, 0.15) is 36.1 Å². The Bertz CT molecular complexity index is 779. The molecule has 0 radical (unpaired) electrons. The van der Waals surface area contributed by atoms with Crippen molar-refractivity contribution in [1.82, 2.24) is 0 Å². The second-order valence-corrected chi connectivity index (χ2v) is 7.99. The van der Waals surface area contributed by atoms with Gasteiger partial charge < -0.3 is 29.2 Å². The maximum atomic E-state index is 13.3.